The van der Waals surface area contributed by atoms with E-state index in [4.69, 9.17) is 22.2 Å². The summed E-state index contributed by atoms with van der Waals surface area (Å²) >= 11 is 5.57. The molecule has 2 heterocycles. The lowest BCUT2D eigenvalue weighted by atomic mass is 10.0. The van der Waals surface area contributed by atoms with Gasteiger partial charge in [-0.1, -0.05) is 0 Å². The van der Waals surface area contributed by atoms with Gasteiger partial charge in [0.05, 0.1) is 34.6 Å². The summed E-state index contributed by atoms with van der Waals surface area (Å²) in [5, 5.41) is 13.7. The fourth-order valence-corrected chi connectivity index (χ4v) is 4.59. The Balaban J connectivity index is 1.74. The van der Waals surface area contributed by atoms with Crippen molar-refractivity contribution in [2.24, 2.45) is 0 Å². The highest BCUT2D eigenvalue weighted by Crippen LogP contribution is 2.40. The summed E-state index contributed by atoms with van der Waals surface area (Å²) in [5.41, 5.74) is -2.85. The van der Waals surface area contributed by atoms with Gasteiger partial charge in [-0.3, -0.25) is 9.69 Å². The Kier molecular flexibility index (Phi) is 6.03. The molecule has 0 N–H and O–H groups in total. The van der Waals surface area contributed by atoms with Crippen LogP contribution >= 0.6 is 12.2 Å². The lowest BCUT2D eigenvalue weighted by Gasteiger charge is -2.29. The van der Waals surface area contributed by atoms with Crippen LogP contribution in [0.3, 0.4) is 0 Å². The number of carbonyl (C=O) groups excluding carboxylic acids is 2. The highest BCUT2D eigenvalue weighted by molar-refractivity contribution is 7.81. The number of hydrogen-bond acceptors (Lipinski definition) is 6. The molecule has 0 unspecified atom stereocenters. The number of rotatable bonds is 2. The SMILES string of the molecule is CC(C)(C)OC(=O)n1ncc2cc(N3C(=S)N(c4ccc(C#N)c(C(F)(F)F)c4)C(=O)C3(C)C)ccc21. The number of benzene rings is 2. The van der Waals surface area contributed by atoms with E-state index in [1.165, 1.54) is 23.2 Å². The van der Waals surface area contributed by atoms with Crippen molar-refractivity contribution in [1.29, 1.82) is 5.26 Å². The molecule has 1 saturated heterocycles. The molecule has 192 valence electrons. The second-order valence-corrected chi connectivity index (χ2v) is 10.3. The van der Waals surface area contributed by atoms with Gasteiger partial charge in [-0.2, -0.15) is 28.2 Å². The van der Waals surface area contributed by atoms with Crippen LogP contribution in [0.1, 0.15) is 45.7 Å². The minimum atomic E-state index is -4.79. The molecule has 0 spiro atoms. The molecule has 3 aromatic rings. The van der Waals surface area contributed by atoms with Crippen LogP contribution in [0.2, 0.25) is 0 Å². The van der Waals surface area contributed by atoms with Crippen LogP contribution in [0.25, 0.3) is 10.9 Å². The fraction of sp³-hybridized carbons (Fsp3) is 0.320. The Morgan fingerprint density at radius 1 is 1.11 bits per heavy atom. The Labute approximate surface area is 215 Å². The number of halogens is 3. The van der Waals surface area contributed by atoms with Gasteiger partial charge < -0.3 is 9.64 Å². The summed E-state index contributed by atoms with van der Waals surface area (Å²) in [6.07, 6.45) is -3.99. The number of hydrogen-bond donors (Lipinski definition) is 0. The molecule has 0 saturated carbocycles. The fourth-order valence-electron chi connectivity index (χ4n) is 4.07. The summed E-state index contributed by atoms with van der Waals surface area (Å²) in [6, 6.07) is 9.47. The molecular weight excluding hydrogens is 507 g/mol. The third-order valence-electron chi connectivity index (χ3n) is 5.73. The van der Waals surface area contributed by atoms with E-state index in [1.54, 1.807) is 52.8 Å². The first-order valence-electron chi connectivity index (χ1n) is 11.1. The molecule has 2 aromatic carbocycles. The molecule has 1 fully saturated rings. The highest BCUT2D eigenvalue weighted by atomic mass is 32.1. The molecule has 1 amide bonds. The van der Waals surface area contributed by atoms with Crippen LogP contribution in [-0.4, -0.2) is 38.0 Å². The van der Waals surface area contributed by atoms with Gasteiger partial charge in [0.1, 0.15) is 11.1 Å². The van der Waals surface area contributed by atoms with Gasteiger partial charge in [0.2, 0.25) is 0 Å². The van der Waals surface area contributed by atoms with Crippen LogP contribution in [-0.2, 0) is 15.7 Å². The van der Waals surface area contributed by atoms with Crippen molar-refractivity contribution in [2.75, 3.05) is 9.80 Å². The van der Waals surface area contributed by atoms with E-state index in [0.717, 1.165) is 21.7 Å². The Morgan fingerprint density at radius 3 is 2.35 bits per heavy atom. The van der Waals surface area contributed by atoms with Gasteiger partial charge in [0.25, 0.3) is 5.91 Å². The second kappa shape index (κ2) is 8.55. The van der Waals surface area contributed by atoms with E-state index < -0.39 is 40.4 Å². The molecular formula is C25H22F3N5O3S. The summed E-state index contributed by atoms with van der Waals surface area (Å²) in [7, 11) is 0. The zero-order chi connectivity index (χ0) is 27.5. The molecule has 0 radical (unpaired) electrons. The van der Waals surface area contributed by atoms with Crippen LogP contribution in [0.5, 0.6) is 0 Å². The highest BCUT2D eigenvalue weighted by Gasteiger charge is 2.50. The number of ether oxygens (including phenoxy) is 1. The lowest BCUT2D eigenvalue weighted by molar-refractivity contribution is -0.137. The summed E-state index contributed by atoms with van der Waals surface area (Å²) in [4.78, 5) is 28.5. The van der Waals surface area contributed by atoms with Crippen molar-refractivity contribution in [2.45, 2.75) is 51.9 Å². The first-order valence-corrected chi connectivity index (χ1v) is 11.5. The van der Waals surface area contributed by atoms with E-state index in [-0.39, 0.29) is 10.8 Å². The third-order valence-corrected chi connectivity index (χ3v) is 6.10. The maximum Gasteiger partial charge on any atom is 0.435 e. The van der Waals surface area contributed by atoms with E-state index in [0.29, 0.717) is 16.6 Å². The molecule has 12 heteroatoms. The molecule has 0 atom stereocenters. The average Bonchev–Trinajstić information content (AvgIpc) is 3.27. The van der Waals surface area contributed by atoms with E-state index in [9.17, 15) is 22.8 Å². The van der Waals surface area contributed by atoms with E-state index in [1.807, 2.05) is 0 Å². The van der Waals surface area contributed by atoms with Gasteiger partial charge >= 0.3 is 12.3 Å². The van der Waals surface area contributed by atoms with Gasteiger partial charge in [-0.15, -0.1) is 0 Å². The van der Waals surface area contributed by atoms with Crippen LogP contribution < -0.4 is 9.80 Å². The van der Waals surface area contributed by atoms with Crippen LogP contribution in [0, 0.1) is 11.3 Å². The topological polar surface area (TPSA) is 91.5 Å². The number of thiocarbonyl (C=S) groups is 1. The molecule has 8 nitrogen and oxygen atoms in total. The van der Waals surface area contributed by atoms with Crippen molar-refractivity contribution < 1.29 is 27.5 Å². The normalized spacial score (nSPS) is 15.9. The zero-order valence-corrected chi connectivity index (χ0v) is 21.4. The van der Waals surface area contributed by atoms with Gasteiger partial charge in [-0.25, -0.2) is 4.79 Å². The monoisotopic (exact) mass is 529 g/mol. The minimum Gasteiger partial charge on any atom is -0.442 e. The first-order chi connectivity index (χ1) is 17.1. The maximum atomic E-state index is 13.5. The second-order valence-electron chi connectivity index (χ2n) is 9.94. The smallest absolute Gasteiger partial charge is 0.435 e. The van der Waals surface area contributed by atoms with E-state index in [2.05, 4.69) is 5.10 Å². The predicted molar refractivity (Wildman–Crippen MR) is 134 cm³/mol. The van der Waals surface area contributed by atoms with Gasteiger partial charge in [-0.05, 0) is 83.2 Å². The summed E-state index contributed by atoms with van der Waals surface area (Å²) < 4.78 is 47.1. The summed E-state index contributed by atoms with van der Waals surface area (Å²) in [5.74, 6) is -0.542. The molecule has 1 aliphatic rings. The molecule has 0 bridgehead atoms. The molecule has 4 rings (SSSR count). The number of fused-ring (bicyclic) bond motifs is 1. The van der Waals surface area contributed by atoms with Crippen molar-refractivity contribution >= 4 is 51.6 Å². The zero-order valence-electron chi connectivity index (χ0n) is 20.5. The number of nitriles is 1. The number of anilines is 2. The van der Waals surface area contributed by atoms with Crippen LogP contribution in [0.15, 0.2) is 42.6 Å². The Morgan fingerprint density at radius 2 is 1.76 bits per heavy atom. The minimum absolute atomic E-state index is 0.0354. The number of nitrogens with zero attached hydrogens (tertiary/aromatic N) is 5. The number of carbonyl (C=O) groups is 2. The van der Waals surface area contributed by atoms with Crippen LogP contribution in [0.4, 0.5) is 29.3 Å². The van der Waals surface area contributed by atoms with E-state index >= 15 is 0 Å². The molecule has 37 heavy (non-hydrogen) atoms. The molecule has 1 aromatic heterocycles. The van der Waals surface area contributed by atoms with Gasteiger partial charge in [0.15, 0.2) is 5.11 Å². The first kappa shape index (κ1) is 26.1. The van der Waals surface area contributed by atoms with Crippen molar-refractivity contribution in [3.63, 3.8) is 0 Å². The maximum absolute atomic E-state index is 13.5. The molecule has 0 aliphatic carbocycles. The number of alkyl halides is 3. The predicted octanol–water partition coefficient (Wildman–Crippen LogP) is 5.63. The van der Waals surface area contributed by atoms with Crippen molar-refractivity contribution in [1.82, 2.24) is 9.78 Å². The third kappa shape index (κ3) is 4.51. The largest absolute Gasteiger partial charge is 0.442 e. The van der Waals surface area contributed by atoms with Crippen molar-refractivity contribution in [3.05, 3.63) is 53.7 Å². The number of aromatic nitrogens is 2. The Bertz CT molecular complexity index is 1500. The lowest BCUT2D eigenvalue weighted by Crippen LogP contribution is -2.44. The average molecular weight is 530 g/mol. The molecule has 1 aliphatic heterocycles. The summed E-state index contributed by atoms with van der Waals surface area (Å²) in [6.45, 7) is 8.41. The Hall–Kier alpha value is -3.98. The van der Waals surface area contributed by atoms with Crippen molar-refractivity contribution in [3.8, 4) is 6.07 Å². The number of amides is 1. The quantitative estimate of drug-likeness (QED) is 0.398. The standard InChI is InChI=1S/C25H22F3N5O3S/c1-23(2,3)36-22(35)33-19-9-8-17(10-15(19)13-30-33)32-21(37)31(20(34)24(32,4)5)16-7-6-14(12-29)18(11-16)25(26,27)28/h6-11,13H,1-5H3. The van der Waals surface area contributed by atoms with Gasteiger partial charge in [0, 0.05) is 11.1 Å².